The average molecular weight is 243 g/mol. The molecule has 1 N–H and O–H groups in total. The van der Waals surface area contributed by atoms with E-state index < -0.39 is 0 Å². The molecule has 1 rings (SSSR count). The minimum atomic E-state index is -0.165. The van der Waals surface area contributed by atoms with Crippen molar-refractivity contribution in [2.75, 3.05) is 20.3 Å². The number of hydrogen-bond acceptors (Lipinski definition) is 4. The Bertz CT molecular complexity index is 258. The SMILES string of the molecule is CCOC(OCC)C(Cc1cccs1)NC. The van der Waals surface area contributed by atoms with Crippen LogP contribution < -0.4 is 5.32 Å². The van der Waals surface area contributed by atoms with Gasteiger partial charge < -0.3 is 14.8 Å². The van der Waals surface area contributed by atoms with Crippen LogP contribution in [0.5, 0.6) is 0 Å². The fraction of sp³-hybridized carbons (Fsp3) is 0.667. The lowest BCUT2D eigenvalue weighted by molar-refractivity contribution is -0.152. The van der Waals surface area contributed by atoms with E-state index >= 15 is 0 Å². The van der Waals surface area contributed by atoms with Crippen molar-refractivity contribution in [3.63, 3.8) is 0 Å². The van der Waals surface area contributed by atoms with Gasteiger partial charge in [-0.25, -0.2) is 0 Å². The summed E-state index contributed by atoms with van der Waals surface area (Å²) < 4.78 is 11.2. The van der Waals surface area contributed by atoms with Gasteiger partial charge in [0.15, 0.2) is 6.29 Å². The third kappa shape index (κ3) is 4.22. The Morgan fingerprint density at radius 2 is 2.00 bits per heavy atom. The summed E-state index contributed by atoms with van der Waals surface area (Å²) in [6, 6.07) is 4.42. The van der Waals surface area contributed by atoms with Crippen LogP contribution in [-0.2, 0) is 15.9 Å². The van der Waals surface area contributed by atoms with Crippen LogP contribution in [0, 0.1) is 0 Å². The number of ether oxygens (including phenoxy) is 2. The maximum Gasteiger partial charge on any atom is 0.173 e. The second-order valence-corrected chi connectivity index (χ2v) is 4.49. The molecule has 0 radical (unpaired) electrons. The molecule has 1 heterocycles. The molecule has 0 spiro atoms. The summed E-state index contributed by atoms with van der Waals surface area (Å²) in [5, 5.41) is 5.36. The van der Waals surface area contributed by atoms with E-state index in [-0.39, 0.29) is 12.3 Å². The minimum Gasteiger partial charge on any atom is -0.351 e. The minimum absolute atomic E-state index is 0.165. The van der Waals surface area contributed by atoms with Crippen molar-refractivity contribution < 1.29 is 9.47 Å². The molecule has 4 heteroatoms. The zero-order chi connectivity index (χ0) is 11.8. The Morgan fingerprint density at radius 1 is 1.31 bits per heavy atom. The molecule has 1 atom stereocenters. The van der Waals surface area contributed by atoms with Crippen molar-refractivity contribution in [2.24, 2.45) is 0 Å². The smallest absolute Gasteiger partial charge is 0.173 e. The molecule has 0 saturated heterocycles. The highest BCUT2D eigenvalue weighted by atomic mass is 32.1. The Morgan fingerprint density at radius 3 is 2.44 bits per heavy atom. The predicted octanol–water partition coefficient (Wildman–Crippen LogP) is 2.28. The number of hydrogen-bond donors (Lipinski definition) is 1. The van der Waals surface area contributed by atoms with Gasteiger partial charge in [0.25, 0.3) is 0 Å². The quantitative estimate of drug-likeness (QED) is 0.711. The highest BCUT2D eigenvalue weighted by Crippen LogP contribution is 2.14. The van der Waals surface area contributed by atoms with E-state index in [9.17, 15) is 0 Å². The van der Waals surface area contributed by atoms with Crippen LogP contribution in [0.4, 0.5) is 0 Å². The van der Waals surface area contributed by atoms with Crippen molar-refractivity contribution in [3.8, 4) is 0 Å². The number of likely N-dealkylation sites (N-methyl/N-ethyl adjacent to an activating group) is 1. The van der Waals surface area contributed by atoms with E-state index in [1.165, 1.54) is 4.88 Å². The van der Waals surface area contributed by atoms with Crippen LogP contribution in [0.25, 0.3) is 0 Å². The first-order chi connectivity index (χ1) is 7.81. The van der Waals surface area contributed by atoms with E-state index in [0.717, 1.165) is 6.42 Å². The van der Waals surface area contributed by atoms with E-state index in [2.05, 4.69) is 22.8 Å². The van der Waals surface area contributed by atoms with Crippen LogP contribution in [0.1, 0.15) is 18.7 Å². The first-order valence-electron chi connectivity index (χ1n) is 5.74. The fourth-order valence-corrected chi connectivity index (χ4v) is 2.35. The molecule has 0 fully saturated rings. The normalized spacial score (nSPS) is 13.2. The van der Waals surface area contributed by atoms with Crippen molar-refractivity contribution in [3.05, 3.63) is 22.4 Å². The van der Waals surface area contributed by atoms with Gasteiger partial charge >= 0.3 is 0 Å². The van der Waals surface area contributed by atoms with Gasteiger partial charge in [-0.3, -0.25) is 0 Å². The first-order valence-corrected chi connectivity index (χ1v) is 6.62. The molecule has 0 aromatic carbocycles. The molecule has 0 aliphatic heterocycles. The second kappa shape index (κ2) is 7.79. The maximum atomic E-state index is 5.60. The lowest BCUT2D eigenvalue weighted by atomic mass is 10.1. The Kier molecular flexibility index (Phi) is 6.64. The molecule has 0 saturated carbocycles. The van der Waals surface area contributed by atoms with Gasteiger partial charge in [0.05, 0.1) is 6.04 Å². The van der Waals surface area contributed by atoms with Crippen molar-refractivity contribution in [2.45, 2.75) is 32.6 Å². The summed E-state index contributed by atoms with van der Waals surface area (Å²) in [5.74, 6) is 0. The highest BCUT2D eigenvalue weighted by Gasteiger charge is 2.21. The lowest BCUT2D eigenvalue weighted by Gasteiger charge is -2.26. The van der Waals surface area contributed by atoms with E-state index in [0.29, 0.717) is 13.2 Å². The summed E-state index contributed by atoms with van der Waals surface area (Å²) >= 11 is 1.77. The molecule has 1 unspecified atom stereocenters. The highest BCUT2D eigenvalue weighted by molar-refractivity contribution is 7.09. The molecule has 0 aliphatic rings. The summed E-state index contributed by atoms with van der Waals surface area (Å²) in [7, 11) is 1.95. The molecular weight excluding hydrogens is 222 g/mol. The molecule has 0 amide bonds. The van der Waals surface area contributed by atoms with Crippen LogP contribution in [0.3, 0.4) is 0 Å². The Labute approximate surface area is 102 Å². The standard InChI is InChI=1S/C12H21NO2S/c1-4-14-12(15-5-2)11(13-3)9-10-7-6-8-16-10/h6-8,11-13H,4-5,9H2,1-3H3. The number of rotatable bonds is 8. The van der Waals surface area contributed by atoms with Gasteiger partial charge in [0.1, 0.15) is 0 Å². The monoisotopic (exact) mass is 243 g/mol. The largest absolute Gasteiger partial charge is 0.351 e. The van der Waals surface area contributed by atoms with Gasteiger partial charge in [0, 0.05) is 24.5 Å². The average Bonchev–Trinajstić information content (AvgIpc) is 2.78. The number of nitrogens with one attached hydrogen (secondary N) is 1. The van der Waals surface area contributed by atoms with E-state index in [1.54, 1.807) is 11.3 Å². The number of thiophene rings is 1. The van der Waals surface area contributed by atoms with Gasteiger partial charge in [0.2, 0.25) is 0 Å². The summed E-state index contributed by atoms with van der Waals surface area (Å²) in [4.78, 5) is 1.35. The predicted molar refractivity (Wildman–Crippen MR) is 67.9 cm³/mol. The topological polar surface area (TPSA) is 30.5 Å². The molecule has 16 heavy (non-hydrogen) atoms. The first kappa shape index (κ1) is 13.6. The van der Waals surface area contributed by atoms with Crippen molar-refractivity contribution >= 4 is 11.3 Å². The third-order valence-electron chi connectivity index (χ3n) is 2.36. The second-order valence-electron chi connectivity index (χ2n) is 3.46. The summed E-state index contributed by atoms with van der Waals surface area (Å²) in [5.41, 5.74) is 0. The Hall–Kier alpha value is -0.420. The zero-order valence-electron chi connectivity index (χ0n) is 10.2. The van der Waals surface area contributed by atoms with Crippen molar-refractivity contribution in [1.29, 1.82) is 0 Å². The molecule has 1 aromatic rings. The molecule has 92 valence electrons. The van der Waals surface area contributed by atoms with Gasteiger partial charge in [-0.2, -0.15) is 0 Å². The fourth-order valence-electron chi connectivity index (χ4n) is 1.59. The Balaban J connectivity index is 2.55. The van der Waals surface area contributed by atoms with Crippen LogP contribution in [0.15, 0.2) is 17.5 Å². The van der Waals surface area contributed by atoms with Crippen LogP contribution in [-0.4, -0.2) is 32.6 Å². The third-order valence-corrected chi connectivity index (χ3v) is 3.26. The summed E-state index contributed by atoms with van der Waals surface area (Å²) in [6.07, 6.45) is 0.779. The lowest BCUT2D eigenvalue weighted by Crippen LogP contribution is -2.42. The molecule has 3 nitrogen and oxygen atoms in total. The van der Waals surface area contributed by atoms with Gasteiger partial charge in [-0.15, -0.1) is 11.3 Å². The van der Waals surface area contributed by atoms with E-state index in [4.69, 9.17) is 9.47 Å². The van der Waals surface area contributed by atoms with Gasteiger partial charge in [-0.05, 0) is 32.3 Å². The molecule has 1 aromatic heterocycles. The van der Waals surface area contributed by atoms with Crippen LogP contribution >= 0.6 is 11.3 Å². The summed E-state index contributed by atoms with van der Waals surface area (Å²) in [6.45, 7) is 5.33. The molecular formula is C12H21NO2S. The maximum absolute atomic E-state index is 5.60. The zero-order valence-corrected chi connectivity index (χ0v) is 11.0. The van der Waals surface area contributed by atoms with Gasteiger partial charge in [-0.1, -0.05) is 6.07 Å². The van der Waals surface area contributed by atoms with E-state index in [1.807, 2.05) is 20.9 Å². The molecule has 0 aliphatic carbocycles. The van der Waals surface area contributed by atoms with Crippen LogP contribution in [0.2, 0.25) is 0 Å². The van der Waals surface area contributed by atoms with Crippen molar-refractivity contribution in [1.82, 2.24) is 5.32 Å². The molecule has 0 bridgehead atoms.